The number of ether oxygens (including phenoxy) is 3. The number of carbonyl (C=O) groups is 3. The minimum atomic E-state index is -0.673. The Morgan fingerprint density at radius 2 is 1.91 bits per heavy atom. The molecule has 22 heavy (non-hydrogen) atoms. The number of amides is 1. The fraction of sp³-hybridized carbons (Fsp3) is 0.667. The van der Waals surface area contributed by atoms with E-state index < -0.39 is 23.6 Å². The predicted molar refractivity (Wildman–Crippen MR) is 80.1 cm³/mol. The van der Waals surface area contributed by atoms with Crippen molar-refractivity contribution in [2.45, 2.75) is 40.2 Å². The maximum absolute atomic E-state index is 11.8. The summed E-state index contributed by atoms with van der Waals surface area (Å²) in [6, 6.07) is 0. The van der Waals surface area contributed by atoms with Crippen LogP contribution in [0.25, 0.3) is 0 Å². The molecule has 0 heterocycles. The number of hydrogen-bond acceptors (Lipinski definition) is 6. The highest BCUT2D eigenvalue weighted by molar-refractivity contribution is 5.81. The lowest BCUT2D eigenvalue weighted by Gasteiger charge is -2.22. The van der Waals surface area contributed by atoms with Gasteiger partial charge in [-0.3, -0.25) is 4.79 Å². The van der Waals surface area contributed by atoms with Crippen molar-refractivity contribution in [1.29, 1.82) is 0 Å². The largest absolute Gasteiger partial charge is 0.461 e. The number of nitrogens with one attached hydrogen (secondary N) is 1. The number of rotatable bonds is 9. The molecule has 0 saturated heterocycles. The first-order valence-corrected chi connectivity index (χ1v) is 7.13. The van der Waals surface area contributed by atoms with Gasteiger partial charge in [0, 0.05) is 6.08 Å². The van der Waals surface area contributed by atoms with Crippen molar-refractivity contribution >= 4 is 18.0 Å². The summed E-state index contributed by atoms with van der Waals surface area (Å²) in [5.74, 6) is -0.892. The van der Waals surface area contributed by atoms with Gasteiger partial charge in [0.2, 0.25) is 0 Å². The van der Waals surface area contributed by atoms with E-state index in [9.17, 15) is 14.4 Å². The zero-order chi connectivity index (χ0) is 17.2. The predicted octanol–water partition coefficient (Wildman–Crippen LogP) is 1.81. The molecule has 126 valence electrons. The number of alkyl carbamates (subject to hydrolysis) is 1. The number of carbonyl (C=O) groups excluding carboxylic acids is 3. The van der Waals surface area contributed by atoms with Crippen molar-refractivity contribution in [1.82, 2.24) is 5.32 Å². The van der Waals surface area contributed by atoms with Crippen LogP contribution in [0.2, 0.25) is 0 Å². The molecule has 1 unspecified atom stereocenters. The molecule has 0 aliphatic heterocycles. The highest BCUT2D eigenvalue weighted by Gasteiger charge is 2.27. The van der Waals surface area contributed by atoms with Gasteiger partial charge < -0.3 is 19.5 Å². The minimum Gasteiger partial charge on any atom is -0.461 e. The van der Waals surface area contributed by atoms with Crippen molar-refractivity contribution < 1.29 is 28.6 Å². The summed E-state index contributed by atoms with van der Waals surface area (Å²) in [4.78, 5) is 33.9. The standard InChI is InChI=1S/C15H25NO6/c1-6-12(17)20-9-8-16-14(19)22-11(3)10-21-13(18)15(4,5)7-2/h6,11H,1,7-10H2,2-5H3,(H,16,19). The Labute approximate surface area is 131 Å². The highest BCUT2D eigenvalue weighted by atomic mass is 16.6. The maximum Gasteiger partial charge on any atom is 0.407 e. The summed E-state index contributed by atoms with van der Waals surface area (Å²) in [7, 11) is 0. The first kappa shape index (κ1) is 19.9. The second-order valence-corrected chi connectivity index (χ2v) is 5.35. The number of hydrogen-bond donors (Lipinski definition) is 1. The molecule has 1 amide bonds. The molecule has 7 nitrogen and oxygen atoms in total. The second kappa shape index (κ2) is 9.81. The van der Waals surface area contributed by atoms with E-state index in [4.69, 9.17) is 9.47 Å². The van der Waals surface area contributed by atoms with Gasteiger partial charge >= 0.3 is 18.0 Å². The Morgan fingerprint density at radius 3 is 2.45 bits per heavy atom. The monoisotopic (exact) mass is 315 g/mol. The molecule has 0 aliphatic rings. The van der Waals surface area contributed by atoms with Crippen LogP contribution < -0.4 is 5.32 Å². The Kier molecular flexibility index (Phi) is 8.89. The van der Waals surface area contributed by atoms with Crippen LogP contribution in [-0.4, -0.2) is 43.9 Å². The third-order valence-corrected chi connectivity index (χ3v) is 2.98. The second-order valence-electron chi connectivity index (χ2n) is 5.35. The lowest BCUT2D eigenvalue weighted by molar-refractivity contribution is -0.156. The molecule has 0 aromatic heterocycles. The van der Waals surface area contributed by atoms with Crippen molar-refractivity contribution in [3.63, 3.8) is 0 Å². The van der Waals surface area contributed by atoms with Crippen LogP contribution in [0.1, 0.15) is 34.1 Å². The van der Waals surface area contributed by atoms with E-state index in [1.54, 1.807) is 20.8 Å². The van der Waals surface area contributed by atoms with Gasteiger partial charge in [-0.2, -0.15) is 0 Å². The molecule has 0 bridgehead atoms. The van der Waals surface area contributed by atoms with Crippen LogP contribution >= 0.6 is 0 Å². The minimum absolute atomic E-state index is 0.0128. The molecule has 0 spiro atoms. The molecule has 0 aromatic carbocycles. The molecule has 0 aliphatic carbocycles. The average Bonchev–Trinajstić information content (AvgIpc) is 2.48. The van der Waals surface area contributed by atoms with E-state index in [-0.39, 0.29) is 25.7 Å². The molecule has 0 fully saturated rings. The van der Waals surface area contributed by atoms with Gasteiger partial charge in [-0.15, -0.1) is 0 Å². The summed E-state index contributed by atoms with van der Waals surface area (Å²) in [6.45, 7) is 10.5. The van der Waals surface area contributed by atoms with E-state index in [2.05, 4.69) is 16.6 Å². The molecule has 0 rings (SSSR count). The van der Waals surface area contributed by atoms with E-state index in [1.165, 1.54) is 0 Å². The van der Waals surface area contributed by atoms with Crippen molar-refractivity contribution in [3.05, 3.63) is 12.7 Å². The van der Waals surface area contributed by atoms with Crippen molar-refractivity contribution in [2.24, 2.45) is 5.41 Å². The van der Waals surface area contributed by atoms with Gasteiger partial charge in [-0.1, -0.05) is 13.5 Å². The average molecular weight is 315 g/mol. The van der Waals surface area contributed by atoms with Gasteiger partial charge in [0.05, 0.1) is 12.0 Å². The Morgan fingerprint density at radius 1 is 1.27 bits per heavy atom. The quantitative estimate of drug-likeness (QED) is 0.302. The van der Waals surface area contributed by atoms with Gasteiger partial charge in [0.15, 0.2) is 0 Å². The summed E-state index contributed by atoms with van der Waals surface area (Å²) >= 11 is 0. The molecule has 7 heteroatoms. The molecular formula is C15H25NO6. The van der Waals surface area contributed by atoms with E-state index in [0.29, 0.717) is 6.42 Å². The third kappa shape index (κ3) is 8.28. The fourth-order valence-electron chi connectivity index (χ4n) is 1.15. The SMILES string of the molecule is C=CC(=O)OCCNC(=O)OC(C)COC(=O)C(C)(C)CC. The van der Waals surface area contributed by atoms with Crippen LogP contribution in [0, 0.1) is 5.41 Å². The smallest absolute Gasteiger partial charge is 0.407 e. The third-order valence-electron chi connectivity index (χ3n) is 2.98. The van der Waals surface area contributed by atoms with Crippen LogP contribution in [-0.2, 0) is 23.8 Å². The first-order valence-electron chi connectivity index (χ1n) is 7.13. The van der Waals surface area contributed by atoms with E-state index >= 15 is 0 Å². The molecule has 1 atom stereocenters. The van der Waals surface area contributed by atoms with Crippen LogP contribution in [0.4, 0.5) is 4.79 Å². The molecule has 0 saturated carbocycles. The lowest BCUT2D eigenvalue weighted by atomic mass is 9.91. The van der Waals surface area contributed by atoms with Gasteiger partial charge in [0.25, 0.3) is 0 Å². The zero-order valence-corrected chi connectivity index (χ0v) is 13.6. The topological polar surface area (TPSA) is 90.9 Å². The Balaban J connectivity index is 3.89. The zero-order valence-electron chi connectivity index (χ0n) is 13.6. The Hall–Kier alpha value is -2.05. The summed E-state index contributed by atoms with van der Waals surface area (Å²) in [5, 5.41) is 2.41. The van der Waals surface area contributed by atoms with Crippen molar-refractivity contribution in [3.8, 4) is 0 Å². The number of esters is 2. The normalized spacial score (nSPS) is 12.0. The van der Waals surface area contributed by atoms with Crippen LogP contribution in [0.5, 0.6) is 0 Å². The molecule has 0 radical (unpaired) electrons. The highest BCUT2D eigenvalue weighted by Crippen LogP contribution is 2.21. The van der Waals surface area contributed by atoms with Crippen molar-refractivity contribution in [2.75, 3.05) is 19.8 Å². The molecule has 0 aromatic rings. The van der Waals surface area contributed by atoms with Crippen LogP contribution in [0.3, 0.4) is 0 Å². The van der Waals surface area contributed by atoms with Gasteiger partial charge in [-0.25, -0.2) is 9.59 Å². The van der Waals surface area contributed by atoms with Gasteiger partial charge in [0.1, 0.15) is 19.3 Å². The Bertz CT molecular complexity index is 405. The van der Waals surface area contributed by atoms with E-state index in [1.807, 2.05) is 6.92 Å². The van der Waals surface area contributed by atoms with E-state index in [0.717, 1.165) is 6.08 Å². The lowest BCUT2D eigenvalue weighted by Crippen LogP contribution is -2.34. The summed E-state index contributed by atoms with van der Waals surface area (Å²) < 4.78 is 14.8. The fourth-order valence-corrected chi connectivity index (χ4v) is 1.15. The maximum atomic E-state index is 11.8. The summed E-state index contributed by atoms with van der Waals surface area (Å²) in [5.41, 5.74) is -0.559. The first-order chi connectivity index (χ1) is 10.2. The molecular weight excluding hydrogens is 290 g/mol. The summed E-state index contributed by atoms with van der Waals surface area (Å²) in [6.07, 6.45) is 0.442. The van der Waals surface area contributed by atoms with Gasteiger partial charge in [-0.05, 0) is 27.2 Å². The van der Waals surface area contributed by atoms with Crippen LogP contribution in [0.15, 0.2) is 12.7 Å². The molecule has 1 N–H and O–H groups in total.